The van der Waals surface area contributed by atoms with Gasteiger partial charge in [0, 0.05) is 0 Å². The molecule has 0 aliphatic rings. The zero-order valence-corrected chi connectivity index (χ0v) is 10.4. The zero-order valence-electron chi connectivity index (χ0n) is 10.4. The van der Waals surface area contributed by atoms with Crippen molar-refractivity contribution in [1.29, 1.82) is 0 Å². The van der Waals surface area contributed by atoms with E-state index < -0.39 is 5.60 Å². The van der Waals surface area contributed by atoms with Crippen molar-refractivity contribution in [3.63, 3.8) is 0 Å². The molecule has 1 aromatic heterocycles. The van der Waals surface area contributed by atoms with Gasteiger partial charge in [0.15, 0.2) is 0 Å². The van der Waals surface area contributed by atoms with Crippen LogP contribution in [0.4, 0.5) is 0 Å². The molecule has 2 rings (SSSR count). The van der Waals surface area contributed by atoms with Crippen LogP contribution in [-0.2, 0) is 12.0 Å². The molecule has 1 aromatic carbocycles. The molecule has 90 valence electrons. The van der Waals surface area contributed by atoms with Gasteiger partial charge in [0.25, 0.3) is 0 Å². The number of aromatic nitrogens is 3. The maximum atomic E-state index is 9.82. The Morgan fingerprint density at radius 2 is 1.88 bits per heavy atom. The molecule has 0 spiro atoms. The molecule has 2 aromatic rings. The summed E-state index contributed by atoms with van der Waals surface area (Å²) in [5.74, 6) is 0. The highest BCUT2D eigenvalue weighted by molar-refractivity contribution is 5.34. The van der Waals surface area contributed by atoms with E-state index in [-0.39, 0.29) is 0 Å². The van der Waals surface area contributed by atoms with Gasteiger partial charge in [-0.2, -0.15) is 0 Å². The fraction of sp³-hybridized carbons (Fsp3) is 0.385. The van der Waals surface area contributed by atoms with Gasteiger partial charge in [0.05, 0.1) is 11.9 Å². The minimum absolute atomic E-state index is 0.567. The topological polar surface area (TPSA) is 50.9 Å². The van der Waals surface area contributed by atoms with Gasteiger partial charge < -0.3 is 5.11 Å². The van der Waals surface area contributed by atoms with E-state index in [1.54, 1.807) is 24.7 Å². The van der Waals surface area contributed by atoms with E-state index in [9.17, 15) is 5.11 Å². The Labute approximate surface area is 101 Å². The molecule has 4 heteroatoms. The van der Waals surface area contributed by atoms with Crippen LogP contribution in [0, 0.1) is 0 Å². The molecule has 17 heavy (non-hydrogen) atoms. The normalized spacial score (nSPS) is 11.8. The SMILES string of the molecule is CCc1ccc(-n2cc(C(C)(C)O)nn2)cc1. The van der Waals surface area contributed by atoms with Crippen molar-refractivity contribution in [1.82, 2.24) is 15.0 Å². The maximum absolute atomic E-state index is 9.82. The van der Waals surface area contributed by atoms with E-state index in [2.05, 4.69) is 29.4 Å². The van der Waals surface area contributed by atoms with Gasteiger partial charge in [0.1, 0.15) is 11.3 Å². The van der Waals surface area contributed by atoms with E-state index in [4.69, 9.17) is 0 Å². The fourth-order valence-electron chi connectivity index (χ4n) is 1.55. The minimum atomic E-state index is -0.957. The van der Waals surface area contributed by atoms with Crippen LogP contribution in [0.1, 0.15) is 32.0 Å². The smallest absolute Gasteiger partial charge is 0.114 e. The number of nitrogens with zero attached hydrogens (tertiary/aromatic N) is 3. The predicted octanol–water partition coefficient (Wildman–Crippen LogP) is 2.06. The maximum Gasteiger partial charge on any atom is 0.114 e. The third kappa shape index (κ3) is 2.53. The summed E-state index contributed by atoms with van der Waals surface area (Å²) in [6, 6.07) is 8.14. The Morgan fingerprint density at radius 1 is 1.24 bits per heavy atom. The van der Waals surface area contributed by atoms with Crippen molar-refractivity contribution in [2.24, 2.45) is 0 Å². The first-order chi connectivity index (χ1) is 8.00. The van der Waals surface area contributed by atoms with Crippen LogP contribution in [0.2, 0.25) is 0 Å². The Bertz CT molecular complexity index is 494. The van der Waals surface area contributed by atoms with Crippen LogP contribution in [0.25, 0.3) is 5.69 Å². The summed E-state index contributed by atoms with van der Waals surface area (Å²) in [6.45, 7) is 5.51. The molecule has 0 fully saturated rings. The summed E-state index contributed by atoms with van der Waals surface area (Å²) in [4.78, 5) is 0. The largest absolute Gasteiger partial charge is 0.384 e. The number of hydrogen-bond acceptors (Lipinski definition) is 3. The molecule has 0 saturated heterocycles. The minimum Gasteiger partial charge on any atom is -0.384 e. The van der Waals surface area contributed by atoms with Gasteiger partial charge in [-0.3, -0.25) is 0 Å². The van der Waals surface area contributed by atoms with Crippen molar-refractivity contribution in [3.8, 4) is 5.69 Å². The molecule has 0 atom stereocenters. The highest BCUT2D eigenvalue weighted by Gasteiger charge is 2.20. The molecular formula is C13H17N3O. The molecule has 0 bridgehead atoms. The first-order valence-electron chi connectivity index (χ1n) is 5.75. The molecule has 0 aliphatic heterocycles. The number of hydrogen-bond donors (Lipinski definition) is 1. The van der Waals surface area contributed by atoms with Gasteiger partial charge in [-0.1, -0.05) is 24.3 Å². The number of rotatable bonds is 3. The lowest BCUT2D eigenvalue weighted by atomic mass is 10.1. The molecule has 0 radical (unpaired) electrons. The Kier molecular flexibility index (Phi) is 2.98. The summed E-state index contributed by atoms with van der Waals surface area (Å²) in [7, 11) is 0. The van der Waals surface area contributed by atoms with Crippen LogP contribution >= 0.6 is 0 Å². The first-order valence-corrected chi connectivity index (χ1v) is 5.75. The molecule has 1 heterocycles. The molecule has 4 nitrogen and oxygen atoms in total. The third-order valence-corrected chi connectivity index (χ3v) is 2.73. The van der Waals surface area contributed by atoms with Gasteiger partial charge >= 0.3 is 0 Å². The second kappa shape index (κ2) is 4.30. The van der Waals surface area contributed by atoms with Gasteiger partial charge in [-0.05, 0) is 38.0 Å². The van der Waals surface area contributed by atoms with Crippen LogP contribution in [-0.4, -0.2) is 20.1 Å². The molecule has 0 amide bonds. The summed E-state index contributed by atoms with van der Waals surface area (Å²) in [5.41, 5.74) is 1.85. The van der Waals surface area contributed by atoms with Crippen molar-refractivity contribution in [2.45, 2.75) is 32.8 Å². The van der Waals surface area contributed by atoms with Crippen molar-refractivity contribution in [3.05, 3.63) is 41.7 Å². The molecule has 0 unspecified atom stereocenters. The third-order valence-electron chi connectivity index (χ3n) is 2.73. The van der Waals surface area contributed by atoms with E-state index in [0.29, 0.717) is 5.69 Å². The highest BCUT2D eigenvalue weighted by Crippen LogP contribution is 2.17. The Morgan fingerprint density at radius 3 is 2.35 bits per heavy atom. The fourth-order valence-corrected chi connectivity index (χ4v) is 1.55. The first kappa shape index (κ1) is 11.8. The van der Waals surface area contributed by atoms with E-state index in [0.717, 1.165) is 12.1 Å². The van der Waals surface area contributed by atoms with Crippen molar-refractivity contribution < 1.29 is 5.11 Å². The Balaban J connectivity index is 2.30. The van der Waals surface area contributed by atoms with Crippen LogP contribution in [0.3, 0.4) is 0 Å². The second-order valence-corrected chi connectivity index (χ2v) is 4.63. The standard InChI is InChI=1S/C13H17N3O/c1-4-10-5-7-11(8-6-10)16-9-12(14-15-16)13(2,3)17/h5-9,17H,4H2,1-3H3. The average Bonchev–Trinajstić information content (AvgIpc) is 2.78. The molecule has 0 saturated carbocycles. The summed E-state index contributed by atoms with van der Waals surface area (Å²) in [6.07, 6.45) is 2.77. The summed E-state index contributed by atoms with van der Waals surface area (Å²) < 4.78 is 1.67. The summed E-state index contributed by atoms with van der Waals surface area (Å²) in [5, 5.41) is 17.8. The van der Waals surface area contributed by atoms with Crippen LogP contribution in [0.15, 0.2) is 30.5 Å². The molecule has 0 aliphatic carbocycles. The highest BCUT2D eigenvalue weighted by atomic mass is 16.3. The number of benzene rings is 1. The van der Waals surface area contributed by atoms with Crippen molar-refractivity contribution in [2.75, 3.05) is 0 Å². The predicted molar refractivity (Wildman–Crippen MR) is 66.0 cm³/mol. The lowest BCUT2D eigenvalue weighted by molar-refractivity contribution is 0.0737. The number of aliphatic hydroxyl groups is 1. The zero-order chi connectivity index (χ0) is 12.5. The van der Waals surface area contributed by atoms with E-state index in [1.165, 1.54) is 5.56 Å². The van der Waals surface area contributed by atoms with Crippen molar-refractivity contribution >= 4 is 0 Å². The second-order valence-electron chi connectivity index (χ2n) is 4.63. The lowest BCUT2D eigenvalue weighted by Crippen LogP contribution is -2.15. The van der Waals surface area contributed by atoms with Crippen LogP contribution < -0.4 is 0 Å². The number of aryl methyl sites for hydroxylation is 1. The lowest BCUT2D eigenvalue weighted by Gasteiger charge is -2.11. The van der Waals surface area contributed by atoms with Gasteiger partial charge in [-0.25, -0.2) is 4.68 Å². The van der Waals surface area contributed by atoms with Crippen LogP contribution in [0.5, 0.6) is 0 Å². The van der Waals surface area contributed by atoms with Gasteiger partial charge in [-0.15, -0.1) is 5.10 Å². The van der Waals surface area contributed by atoms with E-state index >= 15 is 0 Å². The van der Waals surface area contributed by atoms with E-state index in [1.807, 2.05) is 12.1 Å². The molecule has 1 N–H and O–H groups in total. The summed E-state index contributed by atoms with van der Waals surface area (Å²) >= 11 is 0. The monoisotopic (exact) mass is 231 g/mol. The Hall–Kier alpha value is -1.68. The average molecular weight is 231 g/mol. The van der Waals surface area contributed by atoms with Gasteiger partial charge in [0.2, 0.25) is 0 Å². The molecular weight excluding hydrogens is 214 g/mol. The quantitative estimate of drug-likeness (QED) is 0.879.